The number of ether oxygens (including phenoxy) is 2. The van der Waals surface area contributed by atoms with Crippen LogP contribution in [0.3, 0.4) is 0 Å². The second-order valence-corrected chi connectivity index (χ2v) is 6.29. The number of fused-ring (bicyclic) bond motifs is 1. The molecule has 0 aromatic heterocycles. The summed E-state index contributed by atoms with van der Waals surface area (Å²) in [6.07, 6.45) is 1.60. The normalized spacial score (nSPS) is 12.2. The van der Waals surface area contributed by atoms with Crippen LogP contribution in [0.5, 0.6) is 11.5 Å². The van der Waals surface area contributed by atoms with E-state index in [2.05, 4.69) is 31.8 Å². The first kappa shape index (κ1) is 17.9. The van der Waals surface area contributed by atoms with Gasteiger partial charge in [0, 0.05) is 17.3 Å². The lowest BCUT2D eigenvalue weighted by molar-refractivity contribution is -0.124. The van der Waals surface area contributed by atoms with Crippen LogP contribution in [0.2, 0.25) is 0 Å². The fourth-order valence-electron chi connectivity index (χ4n) is 2.23. The summed E-state index contributed by atoms with van der Waals surface area (Å²) < 4.78 is 11.3. The number of halogens is 1. The Kier molecular flexibility index (Phi) is 5.85. The number of hydrogen-bond donors (Lipinski definition) is 2. The third kappa shape index (κ3) is 4.82. The third-order valence-electron chi connectivity index (χ3n) is 3.53. The van der Waals surface area contributed by atoms with E-state index in [0.29, 0.717) is 17.2 Å². The Labute approximate surface area is 158 Å². The van der Waals surface area contributed by atoms with E-state index in [0.717, 1.165) is 10.0 Å². The van der Waals surface area contributed by atoms with Crippen LogP contribution in [0, 0.1) is 0 Å². The summed E-state index contributed by atoms with van der Waals surface area (Å²) in [6, 6.07) is 12.6. The zero-order valence-electron chi connectivity index (χ0n) is 13.7. The van der Waals surface area contributed by atoms with Gasteiger partial charge in [-0.15, -0.1) is 0 Å². The first-order valence-corrected chi connectivity index (χ1v) is 8.67. The van der Waals surface area contributed by atoms with E-state index in [1.807, 2.05) is 18.2 Å². The van der Waals surface area contributed by atoms with Crippen molar-refractivity contribution in [3.05, 3.63) is 52.5 Å². The molecule has 0 aliphatic carbocycles. The lowest BCUT2D eigenvalue weighted by atomic mass is 10.2. The number of hydrazone groups is 1. The molecule has 8 heteroatoms. The van der Waals surface area contributed by atoms with Crippen molar-refractivity contribution in [3.63, 3.8) is 0 Å². The predicted octanol–water partition coefficient (Wildman–Crippen LogP) is 3.05. The van der Waals surface area contributed by atoms with Crippen molar-refractivity contribution < 1.29 is 19.1 Å². The fourth-order valence-corrected chi connectivity index (χ4v) is 2.61. The zero-order valence-corrected chi connectivity index (χ0v) is 15.3. The van der Waals surface area contributed by atoms with Crippen LogP contribution in [0.15, 0.2) is 52.0 Å². The summed E-state index contributed by atoms with van der Waals surface area (Å²) in [4.78, 5) is 23.7. The molecular formula is C18H16BrN3O4. The topological polar surface area (TPSA) is 89.0 Å². The standard InChI is InChI=1S/C18H16BrN3O4/c19-13-3-1-2-4-14(13)21-17(23)7-8-18(24)22-20-10-12-5-6-15-16(9-12)26-11-25-15/h1-6,9-10H,7-8,11H2,(H,21,23)(H,22,24)/b20-10+. The van der Waals surface area contributed by atoms with Crippen LogP contribution in [0.4, 0.5) is 5.69 Å². The van der Waals surface area contributed by atoms with Gasteiger partial charge in [-0.25, -0.2) is 5.43 Å². The Morgan fingerprint density at radius 1 is 1.08 bits per heavy atom. The van der Waals surface area contributed by atoms with Crippen molar-refractivity contribution in [2.24, 2.45) is 5.10 Å². The number of anilines is 1. The Morgan fingerprint density at radius 3 is 2.69 bits per heavy atom. The molecule has 26 heavy (non-hydrogen) atoms. The molecule has 1 aliphatic rings. The van der Waals surface area contributed by atoms with E-state index in [9.17, 15) is 9.59 Å². The van der Waals surface area contributed by atoms with Crippen LogP contribution in [-0.2, 0) is 9.59 Å². The summed E-state index contributed by atoms with van der Waals surface area (Å²) in [5, 5.41) is 6.62. The molecule has 0 unspecified atom stereocenters. The number of carbonyl (C=O) groups excluding carboxylic acids is 2. The van der Waals surface area contributed by atoms with Gasteiger partial charge in [-0.1, -0.05) is 12.1 Å². The number of nitrogens with zero attached hydrogens (tertiary/aromatic N) is 1. The number of carbonyl (C=O) groups is 2. The number of para-hydroxylation sites is 1. The first-order valence-electron chi connectivity index (χ1n) is 7.88. The molecule has 1 aliphatic heterocycles. The molecule has 1 heterocycles. The second kappa shape index (κ2) is 8.48. The molecule has 0 saturated heterocycles. The van der Waals surface area contributed by atoms with E-state index in [4.69, 9.17) is 9.47 Å². The molecule has 0 radical (unpaired) electrons. The molecule has 7 nitrogen and oxygen atoms in total. The first-order chi connectivity index (χ1) is 12.6. The zero-order chi connectivity index (χ0) is 18.4. The summed E-state index contributed by atoms with van der Waals surface area (Å²) in [6.45, 7) is 0.203. The van der Waals surface area contributed by atoms with Gasteiger partial charge in [0.05, 0.1) is 11.9 Å². The lowest BCUT2D eigenvalue weighted by Gasteiger charge is -2.06. The molecule has 2 aromatic carbocycles. The van der Waals surface area contributed by atoms with Crippen molar-refractivity contribution in [2.45, 2.75) is 12.8 Å². The van der Waals surface area contributed by atoms with Gasteiger partial charge in [0.2, 0.25) is 18.6 Å². The molecular weight excluding hydrogens is 402 g/mol. The smallest absolute Gasteiger partial charge is 0.240 e. The Bertz CT molecular complexity index is 854. The highest BCUT2D eigenvalue weighted by atomic mass is 79.9. The Balaban J connectivity index is 1.42. The monoisotopic (exact) mass is 417 g/mol. The summed E-state index contributed by atoms with van der Waals surface area (Å²) >= 11 is 3.35. The lowest BCUT2D eigenvalue weighted by Crippen LogP contribution is -2.20. The van der Waals surface area contributed by atoms with Gasteiger partial charge in [0.25, 0.3) is 0 Å². The SMILES string of the molecule is O=C(CCC(=O)Nc1ccccc1Br)N/N=C/c1ccc2c(c1)OCO2. The van der Waals surface area contributed by atoms with Crippen LogP contribution < -0.4 is 20.2 Å². The van der Waals surface area contributed by atoms with Gasteiger partial charge in [-0.3, -0.25) is 9.59 Å². The number of hydrogen-bond acceptors (Lipinski definition) is 5. The van der Waals surface area contributed by atoms with Gasteiger partial charge in [-0.2, -0.15) is 5.10 Å². The van der Waals surface area contributed by atoms with Crippen molar-refractivity contribution in [3.8, 4) is 11.5 Å². The van der Waals surface area contributed by atoms with Crippen molar-refractivity contribution in [1.82, 2.24) is 5.43 Å². The summed E-state index contributed by atoms with van der Waals surface area (Å²) in [7, 11) is 0. The van der Waals surface area contributed by atoms with Crippen LogP contribution in [0.25, 0.3) is 0 Å². The highest BCUT2D eigenvalue weighted by molar-refractivity contribution is 9.10. The minimum absolute atomic E-state index is 0.0365. The molecule has 2 aromatic rings. The van der Waals surface area contributed by atoms with Gasteiger partial charge >= 0.3 is 0 Å². The highest BCUT2D eigenvalue weighted by Gasteiger charge is 2.12. The molecule has 2 amide bonds. The average Bonchev–Trinajstić information content (AvgIpc) is 3.10. The third-order valence-corrected chi connectivity index (χ3v) is 4.22. The van der Waals surface area contributed by atoms with Gasteiger partial charge in [0.1, 0.15) is 0 Å². The van der Waals surface area contributed by atoms with E-state index < -0.39 is 0 Å². The summed E-state index contributed by atoms with van der Waals surface area (Å²) in [5.41, 5.74) is 3.83. The van der Waals surface area contributed by atoms with Crippen LogP contribution >= 0.6 is 15.9 Å². The molecule has 0 saturated carbocycles. The van der Waals surface area contributed by atoms with Crippen molar-refractivity contribution >= 4 is 39.6 Å². The van der Waals surface area contributed by atoms with E-state index in [-0.39, 0.29) is 31.4 Å². The van der Waals surface area contributed by atoms with Crippen LogP contribution in [0.1, 0.15) is 18.4 Å². The van der Waals surface area contributed by atoms with Crippen molar-refractivity contribution in [1.29, 1.82) is 0 Å². The maximum atomic E-state index is 11.9. The molecule has 2 N–H and O–H groups in total. The maximum Gasteiger partial charge on any atom is 0.240 e. The maximum absolute atomic E-state index is 11.9. The van der Waals surface area contributed by atoms with E-state index >= 15 is 0 Å². The molecule has 0 bridgehead atoms. The second-order valence-electron chi connectivity index (χ2n) is 5.43. The number of nitrogens with one attached hydrogen (secondary N) is 2. The summed E-state index contributed by atoms with van der Waals surface area (Å²) in [5.74, 6) is 0.738. The van der Waals surface area contributed by atoms with Crippen LogP contribution in [-0.4, -0.2) is 24.8 Å². The number of rotatable bonds is 6. The quantitative estimate of drug-likeness (QED) is 0.558. The molecule has 0 atom stereocenters. The Hall–Kier alpha value is -2.87. The van der Waals surface area contributed by atoms with Gasteiger partial charge in [-0.05, 0) is 51.8 Å². The van der Waals surface area contributed by atoms with Gasteiger partial charge in [0.15, 0.2) is 11.5 Å². The predicted molar refractivity (Wildman–Crippen MR) is 100 cm³/mol. The number of amides is 2. The highest BCUT2D eigenvalue weighted by Crippen LogP contribution is 2.31. The minimum atomic E-state index is -0.343. The number of benzene rings is 2. The van der Waals surface area contributed by atoms with E-state index in [1.54, 1.807) is 24.3 Å². The molecule has 134 valence electrons. The molecule has 0 fully saturated rings. The van der Waals surface area contributed by atoms with E-state index in [1.165, 1.54) is 6.21 Å². The van der Waals surface area contributed by atoms with Crippen molar-refractivity contribution in [2.75, 3.05) is 12.1 Å². The Morgan fingerprint density at radius 2 is 1.85 bits per heavy atom. The molecule has 0 spiro atoms. The average molecular weight is 418 g/mol. The molecule has 3 rings (SSSR count). The van der Waals surface area contributed by atoms with Gasteiger partial charge < -0.3 is 14.8 Å². The minimum Gasteiger partial charge on any atom is -0.454 e. The largest absolute Gasteiger partial charge is 0.454 e. The fraction of sp³-hybridized carbons (Fsp3) is 0.167.